The number of carbonyl (C=O) groups excluding carboxylic acids is 1. The summed E-state index contributed by atoms with van der Waals surface area (Å²) in [5.74, 6) is 0.0176. The highest BCUT2D eigenvalue weighted by atomic mass is 35.5. The van der Waals surface area contributed by atoms with E-state index in [2.05, 4.69) is 15.3 Å². The number of primary amides is 1. The normalized spacial score (nSPS) is 15.9. The molecule has 0 unspecified atom stereocenters. The summed E-state index contributed by atoms with van der Waals surface area (Å²) >= 11 is 7.48. The van der Waals surface area contributed by atoms with Crippen molar-refractivity contribution in [1.82, 2.24) is 10.3 Å². The number of benzene rings is 1. The van der Waals surface area contributed by atoms with Crippen LogP contribution in [-0.4, -0.2) is 35.1 Å². The second-order valence-electron chi connectivity index (χ2n) is 5.34. The van der Waals surface area contributed by atoms with Crippen molar-refractivity contribution >= 4 is 45.5 Å². The Hall–Kier alpha value is -2.42. The van der Waals surface area contributed by atoms with Gasteiger partial charge in [-0.15, -0.1) is 0 Å². The number of rotatable bonds is 4. The number of aliphatic imine (C=N–C) groups is 1. The molecule has 0 atom stereocenters. The molecule has 0 saturated carbocycles. The Kier molecular flexibility index (Phi) is 5.03. The molecule has 2 aromatic rings. The Morgan fingerprint density at radius 1 is 1.56 bits per heavy atom. The Morgan fingerprint density at radius 2 is 2.36 bits per heavy atom. The van der Waals surface area contributed by atoms with Gasteiger partial charge in [-0.2, -0.15) is 0 Å². The number of carbonyl (C=O) groups is 1. The molecule has 1 aliphatic rings. The maximum atomic E-state index is 11.2. The summed E-state index contributed by atoms with van der Waals surface area (Å²) in [6.07, 6.45) is 3.12. The van der Waals surface area contributed by atoms with Gasteiger partial charge in [0.15, 0.2) is 0 Å². The van der Waals surface area contributed by atoms with Gasteiger partial charge in [-0.3, -0.25) is 4.79 Å². The molecule has 7 nitrogen and oxygen atoms in total. The number of hydrogen-bond donors (Lipinski definition) is 3. The van der Waals surface area contributed by atoms with E-state index in [-0.39, 0.29) is 6.61 Å². The van der Waals surface area contributed by atoms with Crippen LogP contribution < -0.4 is 16.0 Å². The van der Waals surface area contributed by atoms with Crippen LogP contribution in [-0.2, 0) is 0 Å². The zero-order valence-electron chi connectivity index (χ0n) is 13.4. The lowest BCUT2D eigenvalue weighted by Crippen LogP contribution is -2.43. The maximum Gasteiger partial charge on any atom is 0.260 e. The SMILES string of the molecule is Cc1cccc(Cl)c1N1CNC(CO)=CC1=Nc1ncc(C(N)=O)s1. The van der Waals surface area contributed by atoms with Crippen molar-refractivity contribution in [2.75, 3.05) is 18.2 Å². The quantitative estimate of drug-likeness (QED) is 0.757. The van der Waals surface area contributed by atoms with Gasteiger partial charge in [0, 0.05) is 11.8 Å². The fourth-order valence-electron chi connectivity index (χ4n) is 2.43. The molecule has 2 heterocycles. The number of anilines is 1. The number of amidine groups is 1. The number of halogens is 1. The second kappa shape index (κ2) is 7.22. The van der Waals surface area contributed by atoms with Gasteiger partial charge < -0.3 is 21.1 Å². The molecule has 9 heteroatoms. The highest BCUT2D eigenvalue weighted by Gasteiger charge is 2.22. The lowest BCUT2D eigenvalue weighted by atomic mass is 10.1. The van der Waals surface area contributed by atoms with E-state index in [1.807, 2.05) is 24.0 Å². The molecular weight excluding hydrogens is 362 g/mol. The number of nitrogens with one attached hydrogen (secondary N) is 1. The first-order chi connectivity index (χ1) is 12.0. The standard InChI is InChI=1S/C16H16ClN5O2S/c1-9-3-2-4-11(17)14(9)22-8-20-10(7-23)5-13(22)21-16-19-6-12(25-16)15(18)24/h2-6,20,23H,7-8H2,1H3,(H2,18,24). The Bertz CT molecular complexity index is 857. The molecule has 0 fully saturated rings. The van der Waals surface area contributed by atoms with E-state index < -0.39 is 5.91 Å². The van der Waals surface area contributed by atoms with Crippen LogP contribution in [0, 0.1) is 6.92 Å². The number of aliphatic hydroxyl groups is 1. The number of aryl methyl sites for hydroxylation is 1. The largest absolute Gasteiger partial charge is 0.390 e. The van der Waals surface area contributed by atoms with E-state index >= 15 is 0 Å². The molecule has 1 aromatic heterocycles. The first-order valence-corrected chi connectivity index (χ1v) is 8.61. The zero-order chi connectivity index (χ0) is 18.0. The van der Waals surface area contributed by atoms with Crippen molar-refractivity contribution in [2.45, 2.75) is 6.92 Å². The number of nitrogens with zero attached hydrogens (tertiary/aromatic N) is 3. The van der Waals surface area contributed by atoms with Crippen molar-refractivity contribution < 1.29 is 9.90 Å². The van der Waals surface area contributed by atoms with Crippen LogP contribution in [0.15, 0.2) is 41.2 Å². The van der Waals surface area contributed by atoms with Crippen molar-refractivity contribution in [3.63, 3.8) is 0 Å². The van der Waals surface area contributed by atoms with Crippen LogP contribution in [0.3, 0.4) is 0 Å². The summed E-state index contributed by atoms with van der Waals surface area (Å²) in [7, 11) is 0. The van der Waals surface area contributed by atoms with E-state index in [1.54, 1.807) is 12.1 Å². The minimum Gasteiger partial charge on any atom is -0.390 e. The molecule has 0 spiro atoms. The van der Waals surface area contributed by atoms with Gasteiger partial charge >= 0.3 is 0 Å². The molecule has 130 valence electrons. The van der Waals surface area contributed by atoms with Crippen LogP contribution in [0.1, 0.15) is 15.2 Å². The van der Waals surface area contributed by atoms with Crippen molar-refractivity contribution in [2.24, 2.45) is 10.7 Å². The first kappa shape index (κ1) is 17.4. The van der Waals surface area contributed by atoms with Gasteiger partial charge in [0.1, 0.15) is 10.7 Å². The third-order valence-electron chi connectivity index (χ3n) is 3.62. The molecule has 3 rings (SSSR count). The van der Waals surface area contributed by atoms with Gasteiger partial charge in [0.05, 0.1) is 30.2 Å². The smallest absolute Gasteiger partial charge is 0.260 e. The highest BCUT2D eigenvalue weighted by molar-refractivity contribution is 7.17. The minimum absolute atomic E-state index is 0.140. The molecule has 1 aromatic carbocycles. The monoisotopic (exact) mass is 377 g/mol. The molecule has 1 aliphatic heterocycles. The summed E-state index contributed by atoms with van der Waals surface area (Å²) < 4.78 is 0. The van der Waals surface area contributed by atoms with E-state index in [0.29, 0.717) is 33.2 Å². The topological polar surface area (TPSA) is 104 Å². The Labute approximate surface area is 153 Å². The van der Waals surface area contributed by atoms with Crippen LogP contribution in [0.2, 0.25) is 5.02 Å². The molecule has 25 heavy (non-hydrogen) atoms. The van der Waals surface area contributed by atoms with E-state index in [0.717, 1.165) is 22.6 Å². The molecule has 1 amide bonds. The predicted molar refractivity (Wildman–Crippen MR) is 99.6 cm³/mol. The number of aliphatic hydroxyl groups excluding tert-OH is 1. The summed E-state index contributed by atoms with van der Waals surface area (Å²) in [6, 6.07) is 5.64. The third kappa shape index (κ3) is 3.65. The number of amides is 1. The number of para-hydroxylation sites is 1. The Balaban J connectivity index is 2.06. The molecule has 0 aliphatic carbocycles. The van der Waals surface area contributed by atoms with Gasteiger partial charge in [-0.1, -0.05) is 35.1 Å². The molecule has 4 N–H and O–H groups in total. The van der Waals surface area contributed by atoms with E-state index in [9.17, 15) is 9.90 Å². The lowest BCUT2D eigenvalue weighted by Gasteiger charge is -2.31. The lowest BCUT2D eigenvalue weighted by molar-refractivity contribution is 0.100. The van der Waals surface area contributed by atoms with E-state index in [4.69, 9.17) is 17.3 Å². The third-order valence-corrected chi connectivity index (χ3v) is 4.83. The fraction of sp³-hybridized carbons (Fsp3) is 0.188. The summed E-state index contributed by atoms with van der Waals surface area (Å²) in [4.78, 5) is 22.1. The highest BCUT2D eigenvalue weighted by Crippen LogP contribution is 2.32. The van der Waals surface area contributed by atoms with Crippen LogP contribution in [0.5, 0.6) is 0 Å². The molecule has 0 saturated heterocycles. The summed E-state index contributed by atoms with van der Waals surface area (Å²) in [5, 5.41) is 13.5. The number of aromatic nitrogens is 1. The molecule has 0 bridgehead atoms. The van der Waals surface area contributed by atoms with Crippen LogP contribution in [0.4, 0.5) is 10.8 Å². The number of nitrogens with two attached hydrogens (primary N) is 1. The van der Waals surface area contributed by atoms with Crippen molar-refractivity contribution in [3.05, 3.63) is 51.6 Å². The zero-order valence-corrected chi connectivity index (χ0v) is 14.9. The summed E-state index contributed by atoms with van der Waals surface area (Å²) in [5.41, 5.74) is 7.69. The number of thiazole rings is 1. The van der Waals surface area contributed by atoms with Gasteiger partial charge in [-0.25, -0.2) is 9.98 Å². The first-order valence-electron chi connectivity index (χ1n) is 7.42. The maximum absolute atomic E-state index is 11.2. The van der Waals surface area contributed by atoms with Gasteiger partial charge in [0.2, 0.25) is 5.13 Å². The van der Waals surface area contributed by atoms with E-state index in [1.165, 1.54) is 6.20 Å². The second-order valence-corrected chi connectivity index (χ2v) is 6.75. The average molecular weight is 378 g/mol. The predicted octanol–water partition coefficient (Wildman–Crippen LogP) is 2.18. The fourth-order valence-corrected chi connectivity index (χ4v) is 3.40. The molecular formula is C16H16ClN5O2S. The van der Waals surface area contributed by atoms with Gasteiger partial charge in [-0.05, 0) is 18.6 Å². The number of hydrogen-bond acceptors (Lipinski definition) is 6. The van der Waals surface area contributed by atoms with Gasteiger partial charge in [0.25, 0.3) is 5.91 Å². The van der Waals surface area contributed by atoms with Crippen molar-refractivity contribution in [1.29, 1.82) is 0 Å². The van der Waals surface area contributed by atoms with Crippen LogP contribution >= 0.6 is 22.9 Å². The van der Waals surface area contributed by atoms with Crippen molar-refractivity contribution in [3.8, 4) is 0 Å². The van der Waals surface area contributed by atoms with Crippen LogP contribution in [0.25, 0.3) is 0 Å². The average Bonchev–Trinajstić information content (AvgIpc) is 3.04. The molecule has 0 radical (unpaired) electrons. The Morgan fingerprint density at radius 3 is 3.00 bits per heavy atom. The minimum atomic E-state index is -0.542. The summed E-state index contributed by atoms with van der Waals surface area (Å²) in [6.45, 7) is 2.21.